The van der Waals surface area contributed by atoms with Crippen LogP contribution in [0.4, 0.5) is 0 Å². The zero-order valence-electron chi connectivity index (χ0n) is 12.2. The lowest BCUT2D eigenvalue weighted by atomic mass is 9.84. The Balaban J connectivity index is 2.73. The summed E-state index contributed by atoms with van der Waals surface area (Å²) in [6.07, 6.45) is 1.12. The molecule has 0 saturated heterocycles. The molecule has 0 aromatic heterocycles. The van der Waals surface area contributed by atoms with Crippen molar-refractivity contribution in [3.05, 3.63) is 35.4 Å². The molecule has 0 heterocycles. The lowest BCUT2D eigenvalue weighted by Crippen LogP contribution is -2.35. The summed E-state index contributed by atoms with van der Waals surface area (Å²) >= 11 is 0. The molecule has 1 aromatic carbocycles. The van der Waals surface area contributed by atoms with Gasteiger partial charge in [-0.05, 0) is 23.5 Å². The minimum Gasteiger partial charge on any atom is -0.355 e. The maximum atomic E-state index is 11.0. The zero-order chi connectivity index (χ0) is 13.8. The maximum absolute atomic E-state index is 11.0. The van der Waals surface area contributed by atoms with Crippen LogP contribution in [0.2, 0.25) is 0 Å². The van der Waals surface area contributed by atoms with Crippen molar-refractivity contribution in [1.82, 2.24) is 5.32 Å². The lowest BCUT2D eigenvalue weighted by molar-refractivity contribution is -0.119. The van der Waals surface area contributed by atoms with Crippen LogP contribution < -0.4 is 5.32 Å². The van der Waals surface area contributed by atoms with E-state index in [0.717, 1.165) is 6.42 Å². The average molecular weight is 247 g/mol. The maximum Gasteiger partial charge on any atom is 0.216 e. The Bertz CT molecular complexity index is 390. The first-order valence-electron chi connectivity index (χ1n) is 6.65. The Kier molecular flexibility index (Phi) is 4.94. The molecule has 0 fully saturated rings. The van der Waals surface area contributed by atoms with Crippen LogP contribution in [0.5, 0.6) is 0 Å². The molecule has 1 aromatic rings. The third-order valence-electron chi connectivity index (χ3n) is 3.16. The summed E-state index contributed by atoms with van der Waals surface area (Å²) in [6.45, 7) is 11.0. The van der Waals surface area contributed by atoms with E-state index < -0.39 is 0 Å². The quantitative estimate of drug-likeness (QED) is 0.850. The van der Waals surface area contributed by atoms with Crippen molar-refractivity contribution in [2.24, 2.45) is 5.92 Å². The number of rotatable bonds is 5. The van der Waals surface area contributed by atoms with Gasteiger partial charge in [0.25, 0.3) is 0 Å². The van der Waals surface area contributed by atoms with Gasteiger partial charge in [0.15, 0.2) is 0 Å². The minimum absolute atomic E-state index is 0.0258. The topological polar surface area (TPSA) is 29.1 Å². The summed E-state index contributed by atoms with van der Waals surface area (Å²) in [5.74, 6) is 0.711. The molecule has 0 aliphatic carbocycles. The zero-order valence-corrected chi connectivity index (χ0v) is 12.2. The third kappa shape index (κ3) is 4.52. The van der Waals surface area contributed by atoms with E-state index in [9.17, 15) is 4.79 Å². The molecule has 1 N–H and O–H groups in total. The fourth-order valence-electron chi connectivity index (χ4n) is 2.01. The van der Waals surface area contributed by atoms with Gasteiger partial charge in [-0.3, -0.25) is 4.79 Å². The van der Waals surface area contributed by atoms with Gasteiger partial charge >= 0.3 is 0 Å². The second-order valence-electron chi connectivity index (χ2n) is 6.09. The first kappa shape index (κ1) is 14.7. The highest BCUT2D eigenvalue weighted by Gasteiger charge is 2.20. The Hall–Kier alpha value is -1.31. The van der Waals surface area contributed by atoms with Gasteiger partial charge in [-0.15, -0.1) is 0 Å². The summed E-state index contributed by atoms with van der Waals surface area (Å²) in [4.78, 5) is 11.0. The highest BCUT2D eigenvalue weighted by molar-refractivity contribution is 5.72. The molecule has 0 unspecified atom stereocenters. The minimum atomic E-state index is -0.0258. The summed E-state index contributed by atoms with van der Waals surface area (Å²) < 4.78 is 0. The van der Waals surface area contributed by atoms with E-state index in [0.29, 0.717) is 12.5 Å². The van der Waals surface area contributed by atoms with E-state index in [1.165, 1.54) is 11.1 Å². The molecule has 1 amide bonds. The van der Waals surface area contributed by atoms with Crippen molar-refractivity contribution in [3.8, 4) is 0 Å². The monoisotopic (exact) mass is 247 g/mol. The van der Waals surface area contributed by atoms with Crippen molar-refractivity contribution in [3.63, 3.8) is 0 Å². The molecule has 2 nitrogen and oxygen atoms in total. The number of hydrogen-bond donors (Lipinski definition) is 1. The number of hydrogen-bond acceptors (Lipinski definition) is 1. The molecule has 0 bridgehead atoms. The number of amides is 1. The van der Waals surface area contributed by atoms with Crippen LogP contribution in [-0.2, 0) is 16.6 Å². The Morgan fingerprint density at radius 2 is 1.78 bits per heavy atom. The first-order chi connectivity index (χ1) is 8.31. The fourth-order valence-corrected chi connectivity index (χ4v) is 2.01. The van der Waals surface area contributed by atoms with Crippen LogP contribution >= 0.6 is 0 Å². The SMILES string of the molecule is CC(=O)NCC(C)(C)c1ccc(CC(C)C)cc1. The predicted octanol–water partition coefficient (Wildman–Crippen LogP) is 3.30. The Morgan fingerprint density at radius 1 is 1.22 bits per heavy atom. The van der Waals surface area contributed by atoms with E-state index in [2.05, 4.69) is 57.3 Å². The highest BCUT2D eigenvalue weighted by Crippen LogP contribution is 2.23. The molecule has 0 aliphatic rings. The van der Waals surface area contributed by atoms with Gasteiger partial charge in [-0.2, -0.15) is 0 Å². The largest absolute Gasteiger partial charge is 0.355 e. The summed E-state index contributed by atoms with van der Waals surface area (Å²) in [6, 6.07) is 8.76. The van der Waals surface area contributed by atoms with Crippen molar-refractivity contribution in [1.29, 1.82) is 0 Å². The van der Waals surface area contributed by atoms with Gasteiger partial charge in [0.05, 0.1) is 0 Å². The van der Waals surface area contributed by atoms with Crippen molar-refractivity contribution < 1.29 is 4.79 Å². The molecule has 0 radical (unpaired) electrons. The molecule has 1 rings (SSSR count). The summed E-state index contributed by atoms with van der Waals surface area (Å²) in [5, 5.41) is 2.89. The number of nitrogens with one attached hydrogen (secondary N) is 1. The first-order valence-corrected chi connectivity index (χ1v) is 6.65. The molecule has 2 heteroatoms. The van der Waals surface area contributed by atoms with Crippen LogP contribution in [0.25, 0.3) is 0 Å². The summed E-state index contributed by atoms with van der Waals surface area (Å²) in [7, 11) is 0. The van der Waals surface area contributed by atoms with Gasteiger partial charge in [0, 0.05) is 18.9 Å². The van der Waals surface area contributed by atoms with Crippen molar-refractivity contribution in [2.45, 2.75) is 46.5 Å². The smallest absolute Gasteiger partial charge is 0.216 e. The highest BCUT2D eigenvalue weighted by atomic mass is 16.1. The van der Waals surface area contributed by atoms with Gasteiger partial charge < -0.3 is 5.32 Å². The van der Waals surface area contributed by atoms with E-state index >= 15 is 0 Å². The van der Waals surface area contributed by atoms with Crippen molar-refractivity contribution >= 4 is 5.91 Å². The fraction of sp³-hybridized carbons (Fsp3) is 0.562. The van der Waals surface area contributed by atoms with E-state index in [4.69, 9.17) is 0 Å². The van der Waals surface area contributed by atoms with E-state index in [1.807, 2.05) is 0 Å². The lowest BCUT2D eigenvalue weighted by Gasteiger charge is -2.25. The van der Waals surface area contributed by atoms with Gasteiger partial charge in [-0.25, -0.2) is 0 Å². The average Bonchev–Trinajstić information content (AvgIpc) is 2.26. The standard InChI is InChI=1S/C16H25NO/c1-12(2)10-14-6-8-15(9-7-14)16(4,5)11-17-13(3)18/h6-9,12H,10-11H2,1-5H3,(H,17,18). The van der Waals surface area contributed by atoms with Gasteiger partial charge in [-0.1, -0.05) is 52.0 Å². The van der Waals surface area contributed by atoms with Crippen LogP contribution in [0, 0.1) is 5.92 Å². The second-order valence-corrected chi connectivity index (χ2v) is 6.09. The van der Waals surface area contributed by atoms with Crippen LogP contribution in [0.15, 0.2) is 24.3 Å². The molecule has 0 saturated carbocycles. The molecule has 0 atom stereocenters. The molecular formula is C16H25NO. The van der Waals surface area contributed by atoms with Crippen molar-refractivity contribution in [2.75, 3.05) is 6.54 Å². The molecular weight excluding hydrogens is 222 g/mol. The molecule has 18 heavy (non-hydrogen) atoms. The number of carbonyl (C=O) groups excluding carboxylic acids is 1. The molecule has 100 valence electrons. The second kappa shape index (κ2) is 6.03. The Labute approximate surface area is 111 Å². The molecule has 0 aliphatic heterocycles. The van der Waals surface area contributed by atoms with Gasteiger partial charge in [0.1, 0.15) is 0 Å². The van der Waals surface area contributed by atoms with Crippen LogP contribution in [-0.4, -0.2) is 12.5 Å². The molecule has 0 spiro atoms. The summed E-state index contributed by atoms with van der Waals surface area (Å²) in [5.41, 5.74) is 2.62. The number of carbonyl (C=O) groups is 1. The van der Waals surface area contributed by atoms with Gasteiger partial charge in [0.2, 0.25) is 5.91 Å². The van der Waals surface area contributed by atoms with Crippen LogP contribution in [0.3, 0.4) is 0 Å². The van der Waals surface area contributed by atoms with Crippen LogP contribution in [0.1, 0.15) is 45.7 Å². The predicted molar refractivity (Wildman–Crippen MR) is 76.7 cm³/mol. The van der Waals surface area contributed by atoms with E-state index in [1.54, 1.807) is 6.92 Å². The Morgan fingerprint density at radius 3 is 2.22 bits per heavy atom. The third-order valence-corrected chi connectivity index (χ3v) is 3.16. The van der Waals surface area contributed by atoms with E-state index in [-0.39, 0.29) is 11.3 Å². The number of benzene rings is 1. The normalized spacial score (nSPS) is 11.7.